The molecule has 8 heteroatoms. The fourth-order valence-corrected chi connectivity index (χ4v) is 3.77. The lowest BCUT2D eigenvalue weighted by molar-refractivity contribution is 0.0927. The number of fused-ring (bicyclic) bond motifs is 1. The van der Waals surface area contributed by atoms with Crippen LogP contribution in [-0.2, 0) is 6.42 Å². The van der Waals surface area contributed by atoms with Gasteiger partial charge in [-0.15, -0.1) is 5.10 Å². The van der Waals surface area contributed by atoms with Crippen molar-refractivity contribution in [1.29, 1.82) is 0 Å². The number of hydrogen-bond donors (Lipinski definition) is 1. The number of nitrogens with one attached hydrogen (secondary N) is 1. The minimum Gasteiger partial charge on any atom is -0.489 e. The zero-order valence-electron chi connectivity index (χ0n) is 17.8. The van der Waals surface area contributed by atoms with E-state index in [1.54, 1.807) is 4.68 Å². The first-order valence-corrected chi connectivity index (χ1v) is 10.6. The third kappa shape index (κ3) is 4.44. The van der Waals surface area contributed by atoms with Crippen molar-refractivity contribution in [2.24, 2.45) is 0 Å². The Kier molecular flexibility index (Phi) is 5.99. The van der Waals surface area contributed by atoms with Crippen molar-refractivity contribution in [2.45, 2.75) is 32.4 Å². The molecule has 0 unspecified atom stereocenters. The lowest BCUT2D eigenvalue weighted by atomic mass is 10.1. The number of nitrogens with zero attached hydrogens (tertiary/aromatic N) is 4. The van der Waals surface area contributed by atoms with E-state index in [4.69, 9.17) is 17.0 Å². The third-order valence-corrected chi connectivity index (χ3v) is 5.72. The van der Waals surface area contributed by atoms with Crippen molar-refractivity contribution < 1.29 is 9.53 Å². The number of carbonyl (C=O) groups is 1. The Morgan fingerprint density at radius 3 is 2.65 bits per heavy atom. The average Bonchev–Trinajstić information content (AvgIpc) is 3.16. The number of likely N-dealkylation sites (N-methyl/N-ethyl adjacent to an activating group) is 1. The minimum absolute atomic E-state index is 0.0793. The molecule has 0 saturated carbocycles. The Bertz CT molecular complexity index is 1100. The summed E-state index contributed by atoms with van der Waals surface area (Å²) in [5.74, 6) is 1.24. The Labute approximate surface area is 187 Å². The van der Waals surface area contributed by atoms with E-state index < -0.39 is 6.04 Å². The van der Waals surface area contributed by atoms with Crippen LogP contribution < -0.4 is 15.0 Å². The molecule has 1 amide bonds. The fraction of sp³-hybridized carbons (Fsp3) is 0.304. The molecule has 0 spiro atoms. The van der Waals surface area contributed by atoms with Crippen molar-refractivity contribution in [2.75, 3.05) is 18.6 Å². The predicted octanol–water partition coefficient (Wildman–Crippen LogP) is 3.40. The summed E-state index contributed by atoms with van der Waals surface area (Å²) in [6.07, 6.45) is 0.600. The Morgan fingerprint density at radius 1 is 1.19 bits per heavy atom. The van der Waals surface area contributed by atoms with Gasteiger partial charge in [-0.1, -0.05) is 54.7 Å². The van der Waals surface area contributed by atoms with Crippen LogP contribution in [0.15, 0.2) is 54.6 Å². The first-order chi connectivity index (χ1) is 14.9. The molecule has 0 saturated heterocycles. The van der Waals surface area contributed by atoms with Crippen LogP contribution >= 0.6 is 12.2 Å². The van der Waals surface area contributed by atoms with E-state index in [1.165, 1.54) is 0 Å². The van der Waals surface area contributed by atoms with E-state index >= 15 is 0 Å². The number of thiocarbonyl (C=S) groups is 1. The molecule has 1 aliphatic rings. The van der Waals surface area contributed by atoms with E-state index in [1.807, 2.05) is 80.4 Å². The van der Waals surface area contributed by atoms with Gasteiger partial charge in [0, 0.05) is 19.5 Å². The van der Waals surface area contributed by atoms with Crippen molar-refractivity contribution >= 4 is 28.8 Å². The highest BCUT2D eigenvalue weighted by atomic mass is 32.1. The molecule has 0 radical (unpaired) electrons. The van der Waals surface area contributed by atoms with Gasteiger partial charge in [-0.2, -0.15) is 0 Å². The standard InChI is InChI=1S/C23H25N5O2S/c1-15(2)28-20(13-16-9-5-4-6-10-16)25-21(26-28)22(29)24-17-14-30-19-12-8-7-11-18(19)27(3)23(17)31/h4-12,15,17H,13-14H2,1-3H3,(H,24,29)/t17-/m0/s1. The van der Waals surface area contributed by atoms with Crippen LogP contribution in [0.3, 0.4) is 0 Å². The van der Waals surface area contributed by atoms with Gasteiger partial charge >= 0.3 is 0 Å². The number of hydrogen-bond acceptors (Lipinski definition) is 5. The number of carbonyl (C=O) groups excluding carboxylic acids is 1. The van der Waals surface area contributed by atoms with Crippen LogP contribution in [0.5, 0.6) is 5.75 Å². The Balaban J connectivity index is 1.53. The molecule has 31 heavy (non-hydrogen) atoms. The third-order valence-electron chi connectivity index (χ3n) is 5.17. The zero-order valence-corrected chi connectivity index (χ0v) is 18.6. The van der Waals surface area contributed by atoms with Gasteiger partial charge in [0.2, 0.25) is 5.82 Å². The fourth-order valence-electron chi connectivity index (χ4n) is 3.54. The highest BCUT2D eigenvalue weighted by Gasteiger charge is 2.29. The monoisotopic (exact) mass is 435 g/mol. The lowest BCUT2D eigenvalue weighted by Gasteiger charge is -2.23. The molecular weight excluding hydrogens is 410 g/mol. The minimum atomic E-state index is -0.469. The molecule has 2 aromatic carbocycles. The zero-order chi connectivity index (χ0) is 22.0. The highest BCUT2D eigenvalue weighted by molar-refractivity contribution is 7.80. The molecule has 160 valence electrons. The molecule has 0 fully saturated rings. The summed E-state index contributed by atoms with van der Waals surface area (Å²) < 4.78 is 7.69. The number of amides is 1. The maximum absolute atomic E-state index is 13.0. The number of para-hydroxylation sites is 2. The van der Waals surface area contributed by atoms with Crippen molar-refractivity contribution in [1.82, 2.24) is 20.1 Å². The van der Waals surface area contributed by atoms with Gasteiger partial charge in [0.05, 0.1) is 5.69 Å². The average molecular weight is 436 g/mol. The summed E-state index contributed by atoms with van der Waals surface area (Å²) in [6.45, 7) is 4.28. The van der Waals surface area contributed by atoms with Crippen molar-refractivity contribution in [3.63, 3.8) is 0 Å². The van der Waals surface area contributed by atoms with Crippen LogP contribution in [0.4, 0.5) is 5.69 Å². The van der Waals surface area contributed by atoms with Gasteiger partial charge < -0.3 is 15.0 Å². The molecule has 7 nitrogen and oxygen atoms in total. The largest absolute Gasteiger partial charge is 0.489 e. The van der Waals surface area contributed by atoms with E-state index in [2.05, 4.69) is 15.4 Å². The van der Waals surface area contributed by atoms with Crippen molar-refractivity contribution in [3.05, 3.63) is 71.8 Å². The summed E-state index contributed by atoms with van der Waals surface area (Å²) in [5.41, 5.74) is 1.98. The second kappa shape index (κ2) is 8.85. The second-order valence-corrected chi connectivity index (χ2v) is 8.17. The number of aromatic nitrogens is 3. The number of ether oxygens (including phenoxy) is 1. The smallest absolute Gasteiger partial charge is 0.291 e. The van der Waals surface area contributed by atoms with Crippen LogP contribution in [0.25, 0.3) is 0 Å². The topological polar surface area (TPSA) is 72.3 Å². The number of anilines is 1. The molecule has 4 rings (SSSR count). The Morgan fingerprint density at radius 2 is 1.90 bits per heavy atom. The molecule has 3 aromatic rings. The molecule has 1 aliphatic heterocycles. The lowest BCUT2D eigenvalue weighted by Crippen LogP contribution is -2.48. The normalized spacial score (nSPS) is 15.9. The summed E-state index contributed by atoms with van der Waals surface area (Å²) in [5, 5.41) is 7.42. The van der Waals surface area contributed by atoms with Crippen LogP contribution in [-0.4, -0.2) is 45.4 Å². The highest BCUT2D eigenvalue weighted by Crippen LogP contribution is 2.30. The molecule has 1 N–H and O–H groups in total. The SMILES string of the molecule is CC(C)n1nc(C(=O)N[C@H]2COc3ccccc3N(C)C2=S)nc1Cc1ccccc1. The summed E-state index contributed by atoms with van der Waals surface area (Å²) in [4.78, 5) is 20.0. The summed E-state index contributed by atoms with van der Waals surface area (Å²) >= 11 is 5.63. The molecule has 0 aliphatic carbocycles. The molecule has 1 aromatic heterocycles. The predicted molar refractivity (Wildman–Crippen MR) is 124 cm³/mol. The maximum Gasteiger partial charge on any atom is 0.291 e. The van der Waals surface area contributed by atoms with Crippen LogP contribution in [0.2, 0.25) is 0 Å². The van der Waals surface area contributed by atoms with Crippen LogP contribution in [0.1, 0.15) is 41.9 Å². The first kappa shape index (κ1) is 21.0. The van der Waals surface area contributed by atoms with Gasteiger partial charge in [-0.3, -0.25) is 4.79 Å². The summed E-state index contributed by atoms with van der Waals surface area (Å²) in [6, 6.07) is 17.3. The van der Waals surface area contributed by atoms with Gasteiger partial charge in [-0.05, 0) is 31.5 Å². The molecule has 2 heterocycles. The van der Waals surface area contributed by atoms with Gasteiger partial charge in [0.1, 0.15) is 29.2 Å². The molecule has 0 bridgehead atoms. The summed E-state index contributed by atoms with van der Waals surface area (Å²) in [7, 11) is 1.87. The van der Waals surface area contributed by atoms with E-state index in [-0.39, 0.29) is 24.4 Å². The van der Waals surface area contributed by atoms with Gasteiger partial charge in [0.15, 0.2) is 0 Å². The number of rotatable bonds is 5. The Hall–Kier alpha value is -3.26. The van der Waals surface area contributed by atoms with E-state index in [0.717, 1.165) is 22.8 Å². The molecule has 1 atom stereocenters. The number of benzene rings is 2. The van der Waals surface area contributed by atoms with Gasteiger partial charge in [0.25, 0.3) is 5.91 Å². The van der Waals surface area contributed by atoms with Gasteiger partial charge in [-0.25, -0.2) is 9.67 Å². The quantitative estimate of drug-likeness (QED) is 0.620. The second-order valence-electron chi connectivity index (χ2n) is 7.75. The van der Waals surface area contributed by atoms with E-state index in [9.17, 15) is 4.79 Å². The first-order valence-electron chi connectivity index (χ1n) is 10.2. The van der Waals surface area contributed by atoms with Crippen LogP contribution in [0, 0.1) is 0 Å². The van der Waals surface area contributed by atoms with Crippen molar-refractivity contribution in [3.8, 4) is 5.75 Å². The van der Waals surface area contributed by atoms with E-state index in [0.29, 0.717) is 11.4 Å². The molecular formula is C23H25N5O2S. The maximum atomic E-state index is 13.0.